The number of piperidine rings is 1. The fraction of sp³-hybridized carbons (Fsp3) is 0.350. The highest BCUT2D eigenvalue weighted by Crippen LogP contribution is 2.22. The molecule has 2 N–H and O–H groups in total. The lowest BCUT2D eigenvalue weighted by Crippen LogP contribution is -2.33. The van der Waals surface area contributed by atoms with Crippen LogP contribution < -0.4 is 10.6 Å². The van der Waals surface area contributed by atoms with Gasteiger partial charge >= 0.3 is 0 Å². The zero-order valence-corrected chi connectivity index (χ0v) is 14.0. The molecular formula is C20H22F2N2O. The van der Waals surface area contributed by atoms with E-state index in [-0.39, 0.29) is 11.4 Å². The SMILES string of the molecule is O=C(NCCC1CCCNC1)c1ccc(-c2ccc(F)cc2)cc1F. The summed E-state index contributed by atoms with van der Waals surface area (Å²) in [6.45, 7) is 2.59. The van der Waals surface area contributed by atoms with Gasteiger partial charge in [-0.25, -0.2) is 8.78 Å². The van der Waals surface area contributed by atoms with Gasteiger partial charge in [0.05, 0.1) is 5.56 Å². The molecule has 1 heterocycles. The molecule has 0 aromatic heterocycles. The van der Waals surface area contributed by atoms with Crippen LogP contribution in [0.2, 0.25) is 0 Å². The van der Waals surface area contributed by atoms with Crippen LogP contribution in [0.15, 0.2) is 42.5 Å². The smallest absolute Gasteiger partial charge is 0.254 e. The first-order chi connectivity index (χ1) is 12.1. The van der Waals surface area contributed by atoms with Crippen LogP contribution in [0.4, 0.5) is 8.78 Å². The number of carbonyl (C=O) groups is 1. The maximum atomic E-state index is 14.3. The summed E-state index contributed by atoms with van der Waals surface area (Å²) in [5.74, 6) is -0.737. The van der Waals surface area contributed by atoms with Gasteiger partial charge in [-0.15, -0.1) is 0 Å². The van der Waals surface area contributed by atoms with Gasteiger partial charge in [0.1, 0.15) is 11.6 Å². The Morgan fingerprint density at radius 1 is 1.12 bits per heavy atom. The topological polar surface area (TPSA) is 41.1 Å². The summed E-state index contributed by atoms with van der Waals surface area (Å²) in [5.41, 5.74) is 1.35. The van der Waals surface area contributed by atoms with E-state index in [4.69, 9.17) is 0 Å². The molecule has 0 aliphatic carbocycles. The van der Waals surface area contributed by atoms with Crippen molar-refractivity contribution in [2.45, 2.75) is 19.3 Å². The second kappa shape index (κ2) is 8.21. The van der Waals surface area contributed by atoms with E-state index in [1.54, 1.807) is 18.2 Å². The minimum absolute atomic E-state index is 0.0348. The van der Waals surface area contributed by atoms with Crippen LogP contribution >= 0.6 is 0 Å². The predicted octanol–water partition coefficient (Wildman–Crippen LogP) is 3.75. The molecule has 0 bridgehead atoms. The maximum Gasteiger partial charge on any atom is 0.254 e. The molecule has 1 aliphatic rings. The average molecular weight is 344 g/mol. The van der Waals surface area contributed by atoms with Gasteiger partial charge < -0.3 is 10.6 Å². The van der Waals surface area contributed by atoms with Crippen LogP contribution in [0.25, 0.3) is 11.1 Å². The molecule has 0 saturated carbocycles. The minimum atomic E-state index is -0.571. The standard InChI is InChI=1S/C20H22F2N2O/c21-17-6-3-15(4-7-17)16-5-8-18(19(22)12-16)20(25)24-11-9-14-2-1-10-23-13-14/h3-8,12,14,23H,1-2,9-11,13H2,(H,24,25). The van der Waals surface area contributed by atoms with Crippen LogP contribution in [0.1, 0.15) is 29.6 Å². The Hall–Kier alpha value is -2.27. The van der Waals surface area contributed by atoms with E-state index in [1.807, 2.05) is 0 Å². The molecule has 2 aromatic rings. The Morgan fingerprint density at radius 2 is 1.88 bits per heavy atom. The number of amides is 1. The molecule has 0 spiro atoms. The Balaban J connectivity index is 1.59. The van der Waals surface area contributed by atoms with Gasteiger partial charge in [0, 0.05) is 6.54 Å². The molecule has 0 radical (unpaired) electrons. The third-order valence-corrected chi connectivity index (χ3v) is 4.63. The van der Waals surface area contributed by atoms with Gasteiger partial charge in [0.2, 0.25) is 0 Å². The molecule has 132 valence electrons. The van der Waals surface area contributed by atoms with Gasteiger partial charge in [0.15, 0.2) is 0 Å². The van der Waals surface area contributed by atoms with Crippen molar-refractivity contribution in [2.75, 3.05) is 19.6 Å². The van der Waals surface area contributed by atoms with Gasteiger partial charge in [-0.2, -0.15) is 0 Å². The fourth-order valence-electron chi connectivity index (χ4n) is 3.18. The third kappa shape index (κ3) is 4.63. The van der Waals surface area contributed by atoms with E-state index in [0.29, 0.717) is 23.6 Å². The van der Waals surface area contributed by atoms with Crippen molar-refractivity contribution in [1.82, 2.24) is 10.6 Å². The summed E-state index contributed by atoms with van der Waals surface area (Å²) in [6, 6.07) is 10.3. The molecular weight excluding hydrogens is 322 g/mol. The van der Waals surface area contributed by atoms with Crippen molar-refractivity contribution in [3.63, 3.8) is 0 Å². The second-order valence-corrected chi connectivity index (χ2v) is 6.46. The second-order valence-electron chi connectivity index (χ2n) is 6.46. The van der Waals surface area contributed by atoms with Crippen molar-refractivity contribution in [3.05, 3.63) is 59.7 Å². The van der Waals surface area contributed by atoms with Crippen molar-refractivity contribution in [2.24, 2.45) is 5.92 Å². The lowest BCUT2D eigenvalue weighted by atomic mass is 9.96. The van der Waals surface area contributed by atoms with E-state index in [2.05, 4.69) is 10.6 Å². The highest BCUT2D eigenvalue weighted by molar-refractivity contribution is 5.95. The van der Waals surface area contributed by atoms with E-state index >= 15 is 0 Å². The summed E-state index contributed by atoms with van der Waals surface area (Å²) in [5, 5.41) is 6.14. The Kier molecular flexibility index (Phi) is 5.76. The van der Waals surface area contributed by atoms with Gasteiger partial charge in [-0.1, -0.05) is 18.2 Å². The normalized spacial score (nSPS) is 17.3. The number of halogens is 2. The predicted molar refractivity (Wildman–Crippen MR) is 94.3 cm³/mol. The minimum Gasteiger partial charge on any atom is -0.352 e. The summed E-state index contributed by atoms with van der Waals surface area (Å²) < 4.78 is 27.3. The Labute approximate surface area is 146 Å². The first kappa shape index (κ1) is 17.5. The quantitative estimate of drug-likeness (QED) is 0.867. The molecule has 1 atom stereocenters. The maximum absolute atomic E-state index is 14.3. The van der Waals surface area contributed by atoms with Crippen molar-refractivity contribution >= 4 is 5.91 Å². The number of carbonyl (C=O) groups excluding carboxylic acids is 1. The average Bonchev–Trinajstić information content (AvgIpc) is 2.63. The molecule has 1 amide bonds. The first-order valence-electron chi connectivity index (χ1n) is 8.68. The summed E-state index contributed by atoms with van der Waals surface area (Å²) >= 11 is 0. The molecule has 3 nitrogen and oxygen atoms in total. The zero-order valence-electron chi connectivity index (χ0n) is 14.0. The summed E-state index contributed by atoms with van der Waals surface area (Å²) in [6.07, 6.45) is 3.23. The van der Waals surface area contributed by atoms with Crippen LogP contribution in [0, 0.1) is 17.6 Å². The fourth-order valence-corrected chi connectivity index (χ4v) is 3.18. The Morgan fingerprint density at radius 3 is 2.56 bits per heavy atom. The largest absolute Gasteiger partial charge is 0.352 e. The van der Waals surface area contributed by atoms with Crippen LogP contribution in [0.3, 0.4) is 0 Å². The molecule has 1 saturated heterocycles. The van der Waals surface area contributed by atoms with E-state index in [9.17, 15) is 13.6 Å². The number of benzene rings is 2. The summed E-state index contributed by atoms with van der Waals surface area (Å²) in [7, 11) is 0. The van der Waals surface area contributed by atoms with Crippen LogP contribution in [-0.2, 0) is 0 Å². The Bertz CT molecular complexity index is 725. The van der Waals surface area contributed by atoms with Gasteiger partial charge in [0.25, 0.3) is 5.91 Å². The van der Waals surface area contributed by atoms with Crippen molar-refractivity contribution in [3.8, 4) is 11.1 Å². The third-order valence-electron chi connectivity index (χ3n) is 4.63. The lowest BCUT2D eigenvalue weighted by molar-refractivity contribution is 0.0946. The number of hydrogen-bond donors (Lipinski definition) is 2. The van der Waals surface area contributed by atoms with Crippen molar-refractivity contribution in [1.29, 1.82) is 0 Å². The molecule has 2 aromatic carbocycles. The number of nitrogens with one attached hydrogen (secondary N) is 2. The van der Waals surface area contributed by atoms with Gasteiger partial charge in [-0.3, -0.25) is 4.79 Å². The molecule has 3 rings (SSSR count). The molecule has 25 heavy (non-hydrogen) atoms. The number of rotatable bonds is 5. The monoisotopic (exact) mass is 344 g/mol. The summed E-state index contributed by atoms with van der Waals surface area (Å²) in [4.78, 5) is 12.2. The van der Waals surface area contributed by atoms with E-state index < -0.39 is 11.7 Å². The highest BCUT2D eigenvalue weighted by atomic mass is 19.1. The van der Waals surface area contributed by atoms with E-state index in [1.165, 1.54) is 30.7 Å². The van der Waals surface area contributed by atoms with Crippen LogP contribution in [0.5, 0.6) is 0 Å². The highest BCUT2D eigenvalue weighted by Gasteiger charge is 2.15. The molecule has 5 heteroatoms. The number of hydrogen-bond acceptors (Lipinski definition) is 2. The first-order valence-corrected chi connectivity index (χ1v) is 8.68. The molecule has 1 aliphatic heterocycles. The van der Waals surface area contributed by atoms with Crippen molar-refractivity contribution < 1.29 is 13.6 Å². The van der Waals surface area contributed by atoms with Gasteiger partial charge in [-0.05, 0) is 73.7 Å². The molecule has 1 fully saturated rings. The van der Waals surface area contributed by atoms with Crippen LogP contribution in [-0.4, -0.2) is 25.5 Å². The molecule has 1 unspecified atom stereocenters. The zero-order chi connectivity index (χ0) is 17.6. The van der Waals surface area contributed by atoms with E-state index in [0.717, 1.165) is 25.9 Å². The lowest BCUT2D eigenvalue weighted by Gasteiger charge is -2.22.